The minimum absolute atomic E-state index is 0.469. The molecule has 1 heterocycles. The first-order chi connectivity index (χ1) is 13.0. The zero-order chi connectivity index (χ0) is 19.2. The number of hydrazone groups is 1. The summed E-state index contributed by atoms with van der Waals surface area (Å²) in [5, 5.41) is 7.95. The highest BCUT2D eigenvalue weighted by Crippen LogP contribution is 2.17. The molecule has 2 aromatic carbocycles. The quantitative estimate of drug-likeness (QED) is 0.382. The molecule has 0 bridgehead atoms. The van der Waals surface area contributed by atoms with Gasteiger partial charge in [0.2, 0.25) is 0 Å². The highest BCUT2D eigenvalue weighted by Gasteiger charge is 2.04. The molecule has 4 nitrogen and oxygen atoms in total. The standard InChI is InChI=1S/C22H24N4S/c1-16-9-6-12-21(18(16)3)24-22(27)25-23-14-20-11-7-13-26(20)15-19-10-5-4-8-17(19)2/h4-14H,15H2,1-3H3,(H2,24,25,27). The Hall–Kier alpha value is -2.92. The molecule has 27 heavy (non-hydrogen) atoms. The number of nitrogens with one attached hydrogen (secondary N) is 2. The average molecular weight is 377 g/mol. The molecule has 0 unspecified atom stereocenters. The average Bonchev–Trinajstić information content (AvgIpc) is 3.08. The molecule has 138 valence electrons. The molecule has 0 radical (unpaired) electrons. The second kappa shape index (κ2) is 8.64. The maximum Gasteiger partial charge on any atom is 0.191 e. The molecule has 0 aliphatic carbocycles. The second-order valence-corrected chi connectivity index (χ2v) is 6.97. The Labute approximate surface area is 165 Å². The third-order valence-electron chi connectivity index (χ3n) is 4.68. The third kappa shape index (κ3) is 4.83. The van der Waals surface area contributed by atoms with Crippen molar-refractivity contribution in [3.05, 3.63) is 88.7 Å². The molecule has 3 rings (SSSR count). The van der Waals surface area contributed by atoms with Gasteiger partial charge in [0, 0.05) is 18.4 Å². The van der Waals surface area contributed by atoms with E-state index in [0.29, 0.717) is 5.11 Å². The minimum Gasteiger partial charge on any atom is -0.342 e. The number of aryl methyl sites for hydroxylation is 2. The van der Waals surface area contributed by atoms with Crippen LogP contribution in [-0.2, 0) is 6.54 Å². The van der Waals surface area contributed by atoms with E-state index in [1.807, 2.05) is 24.3 Å². The van der Waals surface area contributed by atoms with Crippen molar-refractivity contribution in [1.29, 1.82) is 0 Å². The molecule has 0 aliphatic rings. The Kier molecular flexibility index (Phi) is 6.04. The van der Waals surface area contributed by atoms with Gasteiger partial charge in [-0.05, 0) is 73.4 Å². The van der Waals surface area contributed by atoms with Crippen molar-refractivity contribution in [1.82, 2.24) is 9.99 Å². The summed E-state index contributed by atoms with van der Waals surface area (Å²) in [6, 6.07) is 18.6. The fourth-order valence-electron chi connectivity index (χ4n) is 2.85. The van der Waals surface area contributed by atoms with Crippen LogP contribution in [0.25, 0.3) is 0 Å². The fraction of sp³-hybridized carbons (Fsp3) is 0.182. The summed E-state index contributed by atoms with van der Waals surface area (Å²) in [7, 11) is 0. The first-order valence-corrected chi connectivity index (χ1v) is 9.31. The third-order valence-corrected chi connectivity index (χ3v) is 4.88. The smallest absolute Gasteiger partial charge is 0.191 e. The van der Waals surface area contributed by atoms with E-state index in [4.69, 9.17) is 12.2 Å². The van der Waals surface area contributed by atoms with Crippen LogP contribution in [0, 0.1) is 20.8 Å². The van der Waals surface area contributed by atoms with Crippen LogP contribution < -0.4 is 10.7 Å². The van der Waals surface area contributed by atoms with Gasteiger partial charge in [0.05, 0.1) is 11.9 Å². The van der Waals surface area contributed by atoms with E-state index in [0.717, 1.165) is 17.9 Å². The van der Waals surface area contributed by atoms with Gasteiger partial charge in [0.15, 0.2) is 5.11 Å². The van der Waals surface area contributed by atoms with E-state index in [1.54, 1.807) is 6.21 Å². The van der Waals surface area contributed by atoms with Crippen LogP contribution in [0.4, 0.5) is 5.69 Å². The molecular weight excluding hydrogens is 352 g/mol. The first kappa shape index (κ1) is 18.9. The van der Waals surface area contributed by atoms with Crippen molar-refractivity contribution in [2.24, 2.45) is 5.10 Å². The summed E-state index contributed by atoms with van der Waals surface area (Å²) >= 11 is 5.35. The van der Waals surface area contributed by atoms with Crippen molar-refractivity contribution in [3.63, 3.8) is 0 Å². The fourth-order valence-corrected chi connectivity index (χ4v) is 3.02. The maximum atomic E-state index is 5.35. The highest BCUT2D eigenvalue weighted by molar-refractivity contribution is 7.80. The van der Waals surface area contributed by atoms with Crippen LogP contribution in [0.3, 0.4) is 0 Å². The molecule has 0 spiro atoms. The number of hydrogen-bond acceptors (Lipinski definition) is 2. The summed E-state index contributed by atoms with van der Waals surface area (Å²) in [5.41, 5.74) is 9.88. The number of anilines is 1. The number of nitrogens with zero attached hydrogens (tertiary/aromatic N) is 2. The van der Waals surface area contributed by atoms with E-state index in [9.17, 15) is 0 Å². The summed E-state index contributed by atoms with van der Waals surface area (Å²) in [6.07, 6.45) is 3.84. The van der Waals surface area contributed by atoms with Gasteiger partial charge in [-0.1, -0.05) is 36.4 Å². The Morgan fingerprint density at radius 2 is 1.78 bits per heavy atom. The summed E-state index contributed by atoms with van der Waals surface area (Å²) in [5.74, 6) is 0. The van der Waals surface area contributed by atoms with Crippen molar-refractivity contribution < 1.29 is 0 Å². The van der Waals surface area contributed by atoms with E-state index in [2.05, 4.69) is 77.7 Å². The zero-order valence-corrected chi connectivity index (χ0v) is 16.7. The van der Waals surface area contributed by atoms with E-state index >= 15 is 0 Å². The number of rotatable bonds is 5. The number of hydrogen-bond donors (Lipinski definition) is 2. The Morgan fingerprint density at radius 1 is 1.00 bits per heavy atom. The van der Waals surface area contributed by atoms with Crippen LogP contribution in [0.2, 0.25) is 0 Å². The van der Waals surface area contributed by atoms with Crippen LogP contribution >= 0.6 is 12.2 Å². The van der Waals surface area contributed by atoms with E-state index in [1.165, 1.54) is 22.3 Å². The molecule has 0 amide bonds. The zero-order valence-electron chi connectivity index (χ0n) is 15.9. The van der Waals surface area contributed by atoms with Crippen molar-refractivity contribution in [3.8, 4) is 0 Å². The molecule has 0 fully saturated rings. The lowest BCUT2D eigenvalue weighted by Gasteiger charge is -2.12. The lowest BCUT2D eigenvalue weighted by Crippen LogP contribution is -2.24. The summed E-state index contributed by atoms with van der Waals surface area (Å²) in [6.45, 7) is 7.09. The summed E-state index contributed by atoms with van der Waals surface area (Å²) < 4.78 is 2.16. The summed E-state index contributed by atoms with van der Waals surface area (Å²) in [4.78, 5) is 0. The molecule has 0 saturated carbocycles. The van der Waals surface area contributed by atoms with Crippen molar-refractivity contribution in [2.45, 2.75) is 27.3 Å². The SMILES string of the molecule is Cc1ccccc1Cn1cccc1C=NNC(=S)Nc1cccc(C)c1C. The van der Waals surface area contributed by atoms with Crippen LogP contribution in [0.1, 0.15) is 27.9 Å². The van der Waals surface area contributed by atoms with Crippen molar-refractivity contribution >= 4 is 29.2 Å². The highest BCUT2D eigenvalue weighted by atomic mass is 32.1. The van der Waals surface area contributed by atoms with Gasteiger partial charge in [-0.25, -0.2) is 0 Å². The molecule has 0 atom stereocenters. The molecule has 0 saturated heterocycles. The monoisotopic (exact) mass is 376 g/mol. The molecule has 0 aliphatic heterocycles. The lowest BCUT2D eigenvalue weighted by molar-refractivity contribution is 0.793. The normalized spacial score (nSPS) is 10.9. The maximum absolute atomic E-state index is 5.35. The largest absolute Gasteiger partial charge is 0.342 e. The van der Waals surface area contributed by atoms with Gasteiger partial charge in [0.1, 0.15) is 0 Å². The Balaban J connectivity index is 1.62. The molecule has 1 aromatic heterocycles. The molecule has 2 N–H and O–H groups in total. The Bertz CT molecular complexity index is 972. The number of benzene rings is 2. The number of thiocarbonyl (C=S) groups is 1. The molecule has 5 heteroatoms. The van der Waals surface area contributed by atoms with Crippen molar-refractivity contribution in [2.75, 3.05) is 5.32 Å². The number of aromatic nitrogens is 1. The van der Waals surface area contributed by atoms with Gasteiger partial charge in [0.25, 0.3) is 0 Å². The molecule has 3 aromatic rings. The van der Waals surface area contributed by atoms with Gasteiger partial charge in [-0.15, -0.1) is 0 Å². The van der Waals surface area contributed by atoms with Crippen LogP contribution in [-0.4, -0.2) is 15.9 Å². The Morgan fingerprint density at radius 3 is 2.59 bits per heavy atom. The van der Waals surface area contributed by atoms with E-state index in [-0.39, 0.29) is 0 Å². The minimum atomic E-state index is 0.469. The molecular formula is C22H24N4S. The van der Waals surface area contributed by atoms with Crippen LogP contribution in [0.15, 0.2) is 65.9 Å². The van der Waals surface area contributed by atoms with E-state index < -0.39 is 0 Å². The van der Waals surface area contributed by atoms with Crippen LogP contribution in [0.5, 0.6) is 0 Å². The predicted molar refractivity (Wildman–Crippen MR) is 118 cm³/mol. The van der Waals surface area contributed by atoms with Gasteiger partial charge < -0.3 is 9.88 Å². The van der Waals surface area contributed by atoms with Gasteiger partial charge >= 0.3 is 0 Å². The predicted octanol–water partition coefficient (Wildman–Crippen LogP) is 4.78. The second-order valence-electron chi connectivity index (χ2n) is 6.56. The topological polar surface area (TPSA) is 41.4 Å². The van der Waals surface area contributed by atoms with Gasteiger partial charge in [-0.3, -0.25) is 5.43 Å². The van der Waals surface area contributed by atoms with Gasteiger partial charge in [-0.2, -0.15) is 5.10 Å². The first-order valence-electron chi connectivity index (χ1n) is 8.90. The lowest BCUT2D eigenvalue weighted by atomic mass is 10.1.